The van der Waals surface area contributed by atoms with E-state index in [1.54, 1.807) is 0 Å². The molecule has 3 fully saturated rings. The zero-order chi connectivity index (χ0) is 20.2. The highest BCUT2D eigenvalue weighted by molar-refractivity contribution is 5.81. The number of anilines is 1. The lowest BCUT2D eigenvalue weighted by Gasteiger charge is -2.40. The molecular formula is C23H33N3O3. The van der Waals surface area contributed by atoms with Gasteiger partial charge in [0.15, 0.2) is 0 Å². The predicted octanol–water partition coefficient (Wildman–Crippen LogP) is 2.55. The molecule has 29 heavy (non-hydrogen) atoms. The Kier molecular flexibility index (Phi) is 6.38. The summed E-state index contributed by atoms with van der Waals surface area (Å²) < 4.78 is 0. The Morgan fingerprint density at radius 1 is 0.931 bits per heavy atom. The number of carboxylic acids is 1. The van der Waals surface area contributed by atoms with Gasteiger partial charge in [0.25, 0.3) is 0 Å². The number of piperazine rings is 1. The van der Waals surface area contributed by atoms with Crippen molar-refractivity contribution in [1.29, 1.82) is 0 Å². The van der Waals surface area contributed by atoms with E-state index in [-0.39, 0.29) is 18.3 Å². The highest BCUT2D eigenvalue weighted by atomic mass is 16.4. The van der Waals surface area contributed by atoms with Crippen molar-refractivity contribution in [2.45, 2.75) is 32.1 Å². The van der Waals surface area contributed by atoms with E-state index in [4.69, 9.17) is 0 Å². The second kappa shape index (κ2) is 9.16. The van der Waals surface area contributed by atoms with Crippen molar-refractivity contribution < 1.29 is 14.7 Å². The highest BCUT2D eigenvalue weighted by Crippen LogP contribution is 2.35. The Morgan fingerprint density at radius 3 is 2.31 bits per heavy atom. The number of carbonyl (C=O) groups excluding carboxylic acids is 1. The lowest BCUT2D eigenvalue weighted by Crippen LogP contribution is -2.49. The fraction of sp³-hybridized carbons (Fsp3) is 0.652. The van der Waals surface area contributed by atoms with Gasteiger partial charge in [0, 0.05) is 57.3 Å². The minimum Gasteiger partial charge on any atom is -0.481 e. The number of carboxylic acid groups (broad SMARTS) is 1. The van der Waals surface area contributed by atoms with Crippen LogP contribution in [0.1, 0.15) is 32.1 Å². The van der Waals surface area contributed by atoms with Gasteiger partial charge in [-0.05, 0) is 56.2 Å². The Balaban J connectivity index is 1.28. The Hall–Kier alpha value is -2.08. The van der Waals surface area contributed by atoms with Crippen molar-refractivity contribution in [3.05, 3.63) is 30.3 Å². The summed E-state index contributed by atoms with van der Waals surface area (Å²) >= 11 is 0. The zero-order valence-corrected chi connectivity index (χ0v) is 17.2. The third-order valence-electron chi connectivity index (χ3n) is 6.88. The van der Waals surface area contributed by atoms with E-state index in [0.717, 1.165) is 71.5 Å². The first kappa shape index (κ1) is 20.2. The van der Waals surface area contributed by atoms with Crippen LogP contribution in [-0.2, 0) is 9.59 Å². The van der Waals surface area contributed by atoms with Gasteiger partial charge < -0.3 is 14.9 Å². The highest BCUT2D eigenvalue weighted by Gasteiger charge is 2.38. The average Bonchev–Trinajstić information content (AvgIpc) is 3.58. The van der Waals surface area contributed by atoms with Crippen LogP contribution in [0.5, 0.6) is 0 Å². The van der Waals surface area contributed by atoms with Crippen LogP contribution >= 0.6 is 0 Å². The van der Waals surface area contributed by atoms with Crippen LogP contribution in [0.3, 0.4) is 0 Å². The van der Waals surface area contributed by atoms with E-state index < -0.39 is 5.97 Å². The van der Waals surface area contributed by atoms with Crippen LogP contribution < -0.4 is 4.90 Å². The molecule has 0 bridgehead atoms. The summed E-state index contributed by atoms with van der Waals surface area (Å²) in [4.78, 5) is 30.8. The van der Waals surface area contributed by atoms with E-state index in [9.17, 15) is 14.7 Å². The van der Waals surface area contributed by atoms with Crippen LogP contribution in [-0.4, -0.2) is 72.6 Å². The molecule has 2 aliphatic heterocycles. The van der Waals surface area contributed by atoms with Gasteiger partial charge in [-0.3, -0.25) is 14.5 Å². The van der Waals surface area contributed by atoms with Crippen LogP contribution in [0, 0.1) is 17.8 Å². The standard InChI is InChI=1S/C23H33N3O3/c27-22(28)16-19-9-11-26(23(29)18-6-7-18)17-20(19)8-10-24-12-14-25(15-13-24)21-4-2-1-3-5-21/h1-5,18-20H,6-17H2,(H,27,28)/t19-,20+/m0/s1. The number of amides is 1. The van der Waals surface area contributed by atoms with Crippen LogP contribution in [0.2, 0.25) is 0 Å². The Labute approximate surface area is 173 Å². The first-order valence-corrected chi connectivity index (χ1v) is 11.1. The van der Waals surface area contributed by atoms with E-state index in [0.29, 0.717) is 11.8 Å². The molecule has 1 aromatic rings. The minimum absolute atomic E-state index is 0.196. The largest absolute Gasteiger partial charge is 0.481 e. The first-order valence-electron chi connectivity index (χ1n) is 11.1. The molecule has 0 aromatic heterocycles. The third-order valence-corrected chi connectivity index (χ3v) is 6.88. The number of hydrogen-bond donors (Lipinski definition) is 1. The van der Waals surface area contributed by atoms with Gasteiger partial charge in [0.1, 0.15) is 0 Å². The van der Waals surface area contributed by atoms with E-state index >= 15 is 0 Å². The monoisotopic (exact) mass is 399 g/mol. The van der Waals surface area contributed by atoms with E-state index in [1.165, 1.54) is 5.69 Å². The summed E-state index contributed by atoms with van der Waals surface area (Å²) in [6.45, 7) is 6.61. The van der Waals surface area contributed by atoms with Gasteiger partial charge >= 0.3 is 5.97 Å². The van der Waals surface area contributed by atoms with Crippen molar-refractivity contribution in [3.8, 4) is 0 Å². The molecule has 0 unspecified atom stereocenters. The quantitative estimate of drug-likeness (QED) is 0.763. The van der Waals surface area contributed by atoms with Crippen LogP contribution in [0.4, 0.5) is 5.69 Å². The molecule has 1 N–H and O–H groups in total. The van der Waals surface area contributed by atoms with Crippen molar-refractivity contribution in [3.63, 3.8) is 0 Å². The Bertz CT molecular complexity index is 699. The summed E-state index contributed by atoms with van der Waals surface area (Å²) in [6, 6.07) is 10.6. The molecular weight excluding hydrogens is 366 g/mol. The molecule has 4 rings (SSSR count). The van der Waals surface area contributed by atoms with Gasteiger partial charge in [-0.2, -0.15) is 0 Å². The molecule has 6 nitrogen and oxygen atoms in total. The van der Waals surface area contributed by atoms with Crippen molar-refractivity contribution in [1.82, 2.24) is 9.80 Å². The number of hydrogen-bond acceptors (Lipinski definition) is 4. The van der Waals surface area contributed by atoms with E-state index in [2.05, 4.69) is 40.1 Å². The number of likely N-dealkylation sites (tertiary alicyclic amines) is 1. The van der Waals surface area contributed by atoms with Gasteiger partial charge in [-0.25, -0.2) is 0 Å². The molecule has 2 heterocycles. The maximum absolute atomic E-state index is 12.5. The topological polar surface area (TPSA) is 64.1 Å². The molecule has 0 spiro atoms. The summed E-state index contributed by atoms with van der Waals surface area (Å²) in [5.41, 5.74) is 1.29. The molecule has 1 saturated carbocycles. The summed E-state index contributed by atoms with van der Waals surface area (Å²) in [5, 5.41) is 9.31. The molecule has 1 aliphatic carbocycles. The maximum Gasteiger partial charge on any atom is 0.303 e. The van der Waals surface area contributed by atoms with Crippen LogP contribution in [0.25, 0.3) is 0 Å². The minimum atomic E-state index is -0.710. The van der Waals surface area contributed by atoms with Gasteiger partial charge in [-0.1, -0.05) is 18.2 Å². The SMILES string of the molecule is O=C(O)C[C@@H]1CCN(C(=O)C2CC2)C[C@H]1CCN1CCN(c2ccccc2)CC1. The van der Waals surface area contributed by atoms with Gasteiger partial charge in [-0.15, -0.1) is 0 Å². The molecule has 2 atom stereocenters. The van der Waals surface area contributed by atoms with Gasteiger partial charge in [0.05, 0.1) is 0 Å². The van der Waals surface area contributed by atoms with Crippen molar-refractivity contribution in [2.75, 3.05) is 50.7 Å². The third kappa shape index (κ3) is 5.30. The lowest BCUT2D eigenvalue weighted by atomic mass is 9.81. The predicted molar refractivity (Wildman–Crippen MR) is 113 cm³/mol. The van der Waals surface area contributed by atoms with Crippen LogP contribution in [0.15, 0.2) is 30.3 Å². The fourth-order valence-electron chi connectivity index (χ4n) is 4.91. The molecule has 3 aliphatic rings. The number of nitrogens with zero attached hydrogens (tertiary/aromatic N) is 3. The first-order chi connectivity index (χ1) is 14.1. The maximum atomic E-state index is 12.5. The summed E-state index contributed by atoms with van der Waals surface area (Å²) in [6.07, 6.45) is 4.11. The average molecular weight is 400 g/mol. The molecule has 158 valence electrons. The smallest absolute Gasteiger partial charge is 0.303 e. The number of carbonyl (C=O) groups is 2. The zero-order valence-electron chi connectivity index (χ0n) is 17.2. The molecule has 1 aromatic carbocycles. The van der Waals surface area contributed by atoms with Crippen molar-refractivity contribution >= 4 is 17.6 Å². The molecule has 6 heteroatoms. The normalized spacial score (nSPS) is 25.8. The van der Waals surface area contributed by atoms with E-state index in [1.807, 2.05) is 4.90 Å². The second-order valence-corrected chi connectivity index (χ2v) is 8.92. The Morgan fingerprint density at radius 2 is 1.66 bits per heavy atom. The van der Waals surface area contributed by atoms with Gasteiger partial charge in [0.2, 0.25) is 5.91 Å². The summed E-state index contributed by atoms with van der Waals surface area (Å²) in [7, 11) is 0. The second-order valence-electron chi connectivity index (χ2n) is 8.92. The number of benzene rings is 1. The summed E-state index contributed by atoms with van der Waals surface area (Å²) in [5.74, 6) is 0.340. The van der Waals surface area contributed by atoms with Crippen molar-refractivity contribution in [2.24, 2.45) is 17.8 Å². The number of para-hydroxylation sites is 1. The molecule has 0 radical (unpaired) electrons. The number of aliphatic carboxylic acids is 1. The number of piperidine rings is 1. The molecule has 1 amide bonds. The lowest BCUT2D eigenvalue weighted by molar-refractivity contribution is -0.140. The fourth-order valence-corrected chi connectivity index (χ4v) is 4.91. The molecule has 2 saturated heterocycles. The number of rotatable bonds is 7.